The van der Waals surface area contributed by atoms with Crippen LogP contribution in [-0.2, 0) is 4.79 Å². The van der Waals surface area contributed by atoms with Crippen LogP contribution in [0, 0.1) is 6.92 Å². The summed E-state index contributed by atoms with van der Waals surface area (Å²) in [6, 6.07) is 12.1. The van der Waals surface area contributed by atoms with Crippen molar-refractivity contribution in [3.63, 3.8) is 0 Å². The third-order valence-corrected chi connectivity index (χ3v) is 5.40. The maximum absolute atomic E-state index is 11.9. The summed E-state index contributed by atoms with van der Waals surface area (Å²) in [4.78, 5) is 15.8. The molecule has 0 unspecified atom stereocenters. The molecule has 164 valence electrons. The number of aromatic nitrogens is 3. The molecule has 0 bridgehead atoms. The molecular weight excluding hydrogens is 408 g/mol. The van der Waals surface area contributed by atoms with Gasteiger partial charge in [0, 0.05) is 30.9 Å². The Morgan fingerprint density at radius 1 is 1.06 bits per heavy atom. The van der Waals surface area contributed by atoms with Crippen molar-refractivity contribution in [3.8, 4) is 5.69 Å². The van der Waals surface area contributed by atoms with Crippen molar-refractivity contribution in [3.05, 3.63) is 42.0 Å². The summed E-state index contributed by atoms with van der Waals surface area (Å²) in [7, 11) is 0. The minimum atomic E-state index is -0.0721. The molecule has 0 fully saturated rings. The molecule has 2 aromatic carbocycles. The van der Waals surface area contributed by atoms with Gasteiger partial charge in [-0.25, -0.2) is 0 Å². The topological polar surface area (TPSA) is 75.1 Å². The highest BCUT2D eigenvalue weighted by atomic mass is 32.1. The largest absolute Gasteiger partial charge is 0.372 e. The van der Waals surface area contributed by atoms with Crippen LogP contribution in [0.25, 0.3) is 16.7 Å². The molecule has 1 amide bonds. The molecule has 0 atom stereocenters. The lowest BCUT2D eigenvalue weighted by Crippen LogP contribution is -2.34. The average Bonchev–Trinajstić information content (AvgIpc) is 3.16. The van der Waals surface area contributed by atoms with Crippen LogP contribution in [0.5, 0.6) is 0 Å². The third-order valence-electron chi connectivity index (χ3n) is 5.19. The van der Waals surface area contributed by atoms with Gasteiger partial charge >= 0.3 is 0 Å². The third kappa shape index (κ3) is 5.58. The first kappa shape index (κ1) is 22.7. The van der Waals surface area contributed by atoms with E-state index in [0.29, 0.717) is 11.5 Å². The molecule has 0 spiro atoms. The second kappa shape index (κ2) is 10.3. The van der Waals surface area contributed by atoms with Gasteiger partial charge in [0.15, 0.2) is 5.11 Å². The summed E-state index contributed by atoms with van der Waals surface area (Å²) < 4.78 is 0. The van der Waals surface area contributed by atoms with Crippen molar-refractivity contribution in [2.45, 2.75) is 47.0 Å². The van der Waals surface area contributed by atoms with Crippen molar-refractivity contribution < 1.29 is 4.79 Å². The second-order valence-corrected chi connectivity index (χ2v) is 7.85. The van der Waals surface area contributed by atoms with E-state index in [2.05, 4.69) is 58.6 Å². The number of hydrogen-bond donors (Lipinski definition) is 2. The Morgan fingerprint density at radius 2 is 1.71 bits per heavy atom. The van der Waals surface area contributed by atoms with E-state index < -0.39 is 0 Å². The van der Waals surface area contributed by atoms with Crippen LogP contribution in [0.4, 0.5) is 11.4 Å². The standard InChI is InChI=1S/C23H30N6OS/c1-5-8-9-22(30)25-23(31)24-19-15-21-20(14-16(19)4)26-29(27-21)18-12-10-17(11-13-18)28(6-2)7-3/h10-15H,5-9H2,1-4H3,(H2,24,25,30,31). The van der Waals surface area contributed by atoms with E-state index in [1.807, 2.05) is 31.2 Å². The van der Waals surface area contributed by atoms with E-state index in [1.54, 1.807) is 4.80 Å². The van der Waals surface area contributed by atoms with Crippen molar-refractivity contribution in [1.82, 2.24) is 20.3 Å². The van der Waals surface area contributed by atoms with Crippen LogP contribution in [0.15, 0.2) is 36.4 Å². The van der Waals surface area contributed by atoms with Gasteiger partial charge in [-0.1, -0.05) is 13.3 Å². The number of benzene rings is 2. The summed E-state index contributed by atoms with van der Waals surface area (Å²) in [6.45, 7) is 10.3. The monoisotopic (exact) mass is 438 g/mol. The Labute approximate surface area is 188 Å². The first-order valence-corrected chi connectivity index (χ1v) is 11.2. The molecule has 0 saturated carbocycles. The van der Waals surface area contributed by atoms with E-state index in [9.17, 15) is 4.79 Å². The number of hydrogen-bond acceptors (Lipinski definition) is 5. The SMILES string of the molecule is CCCCC(=O)NC(=S)Nc1cc2nn(-c3ccc(N(CC)CC)cc3)nc2cc1C. The van der Waals surface area contributed by atoms with Crippen LogP contribution in [0.1, 0.15) is 45.6 Å². The molecule has 1 heterocycles. The number of nitrogens with one attached hydrogen (secondary N) is 2. The molecule has 1 aromatic heterocycles. The normalized spacial score (nSPS) is 10.8. The highest BCUT2D eigenvalue weighted by Crippen LogP contribution is 2.23. The zero-order valence-corrected chi connectivity index (χ0v) is 19.4. The molecule has 31 heavy (non-hydrogen) atoms. The summed E-state index contributed by atoms with van der Waals surface area (Å²) in [5.41, 5.74) is 5.41. The molecule has 0 radical (unpaired) electrons. The number of unbranched alkanes of at least 4 members (excludes halogenated alkanes) is 1. The van der Waals surface area contributed by atoms with Crippen LogP contribution in [0.3, 0.4) is 0 Å². The van der Waals surface area contributed by atoms with Gasteiger partial charge in [-0.15, -0.1) is 10.2 Å². The molecule has 3 aromatic rings. The Kier molecular flexibility index (Phi) is 7.57. The number of carbonyl (C=O) groups is 1. The first-order valence-electron chi connectivity index (χ1n) is 10.8. The number of aryl methyl sites for hydroxylation is 1. The van der Waals surface area contributed by atoms with Gasteiger partial charge in [0.05, 0.1) is 5.69 Å². The van der Waals surface area contributed by atoms with E-state index in [-0.39, 0.29) is 5.91 Å². The fourth-order valence-electron chi connectivity index (χ4n) is 3.38. The lowest BCUT2D eigenvalue weighted by atomic mass is 10.2. The number of carbonyl (C=O) groups excluding carboxylic acids is 1. The van der Waals surface area contributed by atoms with Gasteiger partial charge in [0.25, 0.3) is 0 Å². The smallest absolute Gasteiger partial charge is 0.226 e. The van der Waals surface area contributed by atoms with Gasteiger partial charge in [-0.2, -0.15) is 4.80 Å². The van der Waals surface area contributed by atoms with Gasteiger partial charge in [-0.05, 0) is 81.4 Å². The predicted octanol–water partition coefficient (Wildman–Crippen LogP) is 4.58. The fraction of sp³-hybridized carbons (Fsp3) is 0.391. The minimum absolute atomic E-state index is 0.0721. The average molecular weight is 439 g/mol. The maximum Gasteiger partial charge on any atom is 0.226 e. The Morgan fingerprint density at radius 3 is 2.32 bits per heavy atom. The van der Waals surface area contributed by atoms with Crippen molar-refractivity contribution in [2.24, 2.45) is 0 Å². The summed E-state index contributed by atoms with van der Waals surface area (Å²) >= 11 is 5.29. The lowest BCUT2D eigenvalue weighted by molar-refractivity contribution is -0.119. The zero-order valence-electron chi connectivity index (χ0n) is 18.6. The van der Waals surface area contributed by atoms with Gasteiger partial charge in [-0.3, -0.25) is 4.79 Å². The molecule has 3 rings (SSSR count). The maximum atomic E-state index is 11.9. The highest BCUT2D eigenvalue weighted by molar-refractivity contribution is 7.80. The molecule has 0 saturated heterocycles. The summed E-state index contributed by atoms with van der Waals surface area (Å²) in [5, 5.41) is 15.4. The number of thiocarbonyl (C=S) groups is 1. The number of fused-ring (bicyclic) bond motifs is 1. The quantitative estimate of drug-likeness (QED) is 0.502. The molecule has 0 aliphatic carbocycles. The number of rotatable bonds is 8. The van der Waals surface area contributed by atoms with Crippen LogP contribution in [-0.4, -0.2) is 39.1 Å². The van der Waals surface area contributed by atoms with E-state index in [0.717, 1.165) is 53.9 Å². The number of amides is 1. The summed E-state index contributed by atoms with van der Waals surface area (Å²) in [5.74, 6) is -0.0721. The molecule has 0 aliphatic heterocycles. The minimum Gasteiger partial charge on any atom is -0.372 e. The van der Waals surface area contributed by atoms with E-state index in [1.165, 1.54) is 5.69 Å². The number of anilines is 2. The second-order valence-electron chi connectivity index (χ2n) is 7.44. The molecule has 0 aliphatic rings. The van der Waals surface area contributed by atoms with Crippen LogP contribution < -0.4 is 15.5 Å². The van der Waals surface area contributed by atoms with E-state index >= 15 is 0 Å². The van der Waals surface area contributed by atoms with Crippen LogP contribution >= 0.6 is 12.2 Å². The Hall–Kier alpha value is -3.00. The van der Waals surface area contributed by atoms with Gasteiger partial charge in [0.2, 0.25) is 5.91 Å². The van der Waals surface area contributed by atoms with Gasteiger partial charge < -0.3 is 15.5 Å². The summed E-state index contributed by atoms with van der Waals surface area (Å²) in [6.07, 6.45) is 2.29. The Balaban J connectivity index is 1.77. The van der Waals surface area contributed by atoms with Crippen LogP contribution in [0.2, 0.25) is 0 Å². The van der Waals surface area contributed by atoms with Crippen molar-refractivity contribution in [2.75, 3.05) is 23.3 Å². The number of nitrogens with zero attached hydrogens (tertiary/aromatic N) is 4. The fourth-order valence-corrected chi connectivity index (χ4v) is 3.61. The lowest BCUT2D eigenvalue weighted by Gasteiger charge is -2.20. The molecule has 2 N–H and O–H groups in total. The predicted molar refractivity (Wildman–Crippen MR) is 131 cm³/mol. The first-order chi connectivity index (χ1) is 14.9. The van der Waals surface area contributed by atoms with Crippen molar-refractivity contribution in [1.29, 1.82) is 0 Å². The molecule has 8 heteroatoms. The van der Waals surface area contributed by atoms with Crippen molar-refractivity contribution >= 4 is 45.6 Å². The molecule has 7 nitrogen and oxygen atoms in total. The Bertz CT molecular complexity index is 1060. The molecular formula is C23H30N6OS. The van der Waals surface area contributed by atoms with E-state index in [4.69, 9.17) is 12.2 Å². The van der Waals surface area contributed by atoms with Gasteiger partial charge in [0.1, 0.15) is 11.0 Å². The zero-order chi connectivity index (χ0) is 22.4. The highest BCUT2D eigenvalue weighted by Gasteiger charge is 2.11.